The van der Waals surface area contributed by atoms with E-state index in [9.17, 15) is 5.11 Å². The molecule has 4 rings (SSSR count). The number of rotatable bonds is 6. The molecule has 1 aromatic rings. The second-order valence-electron chi connectivity index (χ2n) is 8.74. The lowest BCUT2D eigenvalue weighted by Crippen LogP contribution is -2.50. The van der Waals surface area contributed by atoms with E-state index in [1.54, 1.807) is 0 Å². The molecule has 0 bridgehead atoms. The molecule has 2 heterocycles. The van der Waals surface area contributed by atoms with Gasteiger partial charge in [0.1, 0.15) is 5.75 Å². The monoisotopic (exact) mass is 398 g/mol. The number of phenols is 1. The number of nitrogens with zero attached hydrogens (tertiary/aromatic N) is 1. The summed E-state index contributed by atoms with van der Waals surface area (Å²) < 4.78 is 5.54. The zero-order valence-electron chi connectivity index (χ0n) is 17.4. The predicted octanol–water partition coefficient (Wildman–Crippen LogP) is 2.60. The quantitative estimate of drug-likeness (QED) is 0.550. The summed E-state index contributed by atoms with van der Waals surface area (Å²) in [5, 5.41) is 13.9. The lowest BCUT2D eigenvalue weighted by Gasteiger charge is -2.36. The van der Waals surface area contributed by atoms with Crippen LogP contribution in [-0.4, -0.2) is 48.4 Å². The molecular formula is C23H34N4O2. The van der Waals surface area contributed by atoms with Crippen molar-refractivity contribution < 1.29 is 9.84 Å². The Bertz CT molecular complexity index is 794. The van der Waals surface area contributed by atoms with E-state index in [1.165, 1.54) is 24.8 Å². The van der Waals surface area contributed by atoms with E-state index in [4.69, 9.17) is 16.2 Å². The van der Waals surface area contributed by atoms with Crippen molar-refractivity contribution in [3.8, 4) is 5.75 Å². The van der Waals surface area contributed by atoms with E-state index in [1.807, 2.05) is 25.1 Å². The van der Waals surface area contributed by atoms with Gasteiger partial charge < -0.3 is 26.6 Å². The first kappa shape index (κ1) is 20.1. The molecule has 29 heavy (non-hydrogen) atoms. The van der Waals surface area contributed by atoms with E-state index in [-0.39, 0.29) is 5.75 Å². The Balaban J connectivity index is 1.40. The van der Waals surface area contributed by atoms with Crippen LogP contribution in [0.3, 0.4) is 0 Å². The summed E-state index contributed by atoms with van der Waals surface area (Å²) in [6.45, 7) is 5.78. The van der Waals surface area contributed by atoms with Gasteiger partial charge in [-0.15, -0.1) is 0 Å². The number of ether oxygens (including phenoxy) is 1. The third kappa shape index (κ3) is 4.87. The molecule has 0 amide bonds. The number of likely N-dealkylation sites (tertiary alicyclic amines) is 1. The van der Waals surface area contributed by atoms with Gasteiger partial charge in [-0.05, 0) is 80.8 Å². The zero-order valence-corrected chi connectivity index (χ0v) is 17.4. The second kappa shape index (κ2) is 8.67. The smallest absolute Gasteiger partial charge is 0.125 e. The first-order valence-corrected chi connectivity index (χ1v) is 10.9. The summed E-state index contributed by atoms with van der Waals surface area (Å²) in [5.74, 6) is 1.47. The summed E-state index contributed by atoms with van der Waals surface area (Å²) in [6, 6.07) is 6.72. The van der Waals surface area contributed by atoms with Crippen LogP contribution in [0, 0.1) is 0 Å². The standard InChI is InChI=1S/C23H34N4O2/c1-15(23(25)20-7-6-17(12-21(20)28)16-4-5-16)11-22(24)26-18-3-2-9-27(13-18)19-8-10-29-14-19/h6-7,11-12,16,18-19,26,28H,2-5,8-10,13-14,24-25H2,1H3/b22-11+,23-15-. The van der Waals surface area contributed by atoms with E-state index in [2.05, 4.69) is 16.3 Å². The number of aromatic hydroxyl groups is 1. The van der Waals surface area contributed by atoms with Crippen molar-refractivity contribution in [1.29, 1.82) is 0 Å². The van der Waals surface area contributed by atoms with E-state index >= 15 is 0 Å². The van der Waals surface area contributed by atoms with Gasteiger partial charge in [0.2, 0.25) is 0 Å². The van der Waals surface area contributed by atoms with Gasteiger partial charge in [-0.1, -0.05) is 6.07 Å². The van der Waals surface area contributed by atoms with Crippen LogP contribution in [0.2, 0.25) is 0 Å². The van der Waals surface area contributed by atoms with E-state index < -0.39 is 0 Å². The van der Waals surface area contributed by atoms with Crippen LogP contribution in [0.4, 0.5) is 0 Å². The number of benzene rings is 1. The molecule has 0 radical (unpaired) electrons. The highest BCUT2D eigenvalue weighted by Crippen LogP contribution is 2.42. The minimum atomic E-state index is 0.243. The SMILES string of the molecule is CC(/C=C(\N)NC1CCCN(C2CCOC2)C1)=C(/N)c1ccc(C2CC2)cc1O. The number of nitrogens with one attached hydrogen (secondary N) is 1. The second-order valence-corrected chi connectivity index (χ2v) is 8.74. The van der Waals surface area contributed by atoms with Crippen molar-refractivity contribution in [3.63, 3.8) is 0 Å². The molecular weight excluding hydrogens is 364 g/mol. The van der Waals surface area contributed by atoms with Crippen molar-refractivity contribution in [2.24, 2.45) is 11.5 Å². The van der Waals surface area contributed by atoms with Crippen LogP contribution in [0.5, 0.6) is 5.75 Å². The fraction of sp³-hybridized carbons (Fsp3) is 0.565. The number of allylic oxidation sites excluding steroid dienone is 2. The Kier molecular flexibility index (Phi) is 6.01. The van der Waals surface area contributed by atoms with Gasteiger partial charge in [0.15, 0.2) is 0 Å². The number of hydrogen-bond acceptors (Lipinski definition) is 6. The van der Waals surface area contributed by atoms with Crippen molar-refractivity contribution in [3.05, 3.63) is 46.8 Å². The minimum absolute atomic E-state index is 0.243. The fourth-order valence-electron chi connectivity index (χ4n) is 4.51. The summed E-state index contributed by atoms with van der Waals surface area (Å²) in [4.78, 5) is 2.53. The van der Waals surface area contributed by atoms with Gasteiger partial charge >= 0.3 is 0 Å². The van der Waals surface area contributed by atoms with Gasteiger partial charge in [0, 0.05) is 36.5 Å². The maximum Gasteiger partial charge on any atom is 0.125 e. The highest BCUT2D eigenvalue weighted by Gasteiger charge is 2.28. The Morgan fingerprint density at radius 1 is 1.24 bits per heavy atom. The normalized spacial score (nSPS) is 27.0. The van der Waals surface area contributed by atoms with Crippen molar-refractivity contribution in [2.75, 3.05) is 26.3 Å². The van der Waals surface area contributed by atoms with Crippen LogP contribution in [0.15, 0.2) is 35.7 Å². The molecule has 0 spiro atoms. The maximum atomic E-state index is 10.4. The molecule has 1 aromatic carbocycles. The third-order valence-corrected chi connectivity index (χ3v) is 6.40. The Hall–Kier alpha value is -2.18. The van der Waals surface area contributed by atoms with E-state index in [0.717, 1.165) is 44.7 Å². The largest absolute Gasteiger partial charge is 0.507 e. The van der Waals surface area contributed by atoms with Crippen LogP contribution in [0.25, 0.3) is 5.70 Å². The Morgan fingerprint density at radius 3 is 2.76 bits per heavy atom. The number of phenolic OH excluding ortho intramolecular Hbond substituents is 1. The van der Waals surface area contributed by atoms with Gasteiger partial charge in [0.05, 0.1) is 12.4 Å². The molecule has 2 aliphatic heterocycles. The lowest BCUT2D eigenvalue weighted by molar-refractivity contribution is 0.115. The van der Waals surface area contributed by atoms with Crippen LogP contribution in [0.1, 0.15) is 56.1 Å². The molecule has 0 aromatic heterocycles. The molecule has 158 valence electrons. The summed E-state index contributed by atoms with van der Waals surface area (Å²) in [6.07, 6.45) is 7.70. The molecule has 1 aliphatic carbocycles. The van der Waals surface area contributed by atoms with Crippen molar-refractivity contribution in [2.45, 2.75) is 57.0 Å². The number of hydrogen-bond donors (Lipinski definition) is 4. The van der Waals surface area contributed by atoms with Crippen molar-refractivity contribution >= 4 is 5.70 Å². The number of piperidine rings is 1. The van der Waals surface area contributed by atoms with Gasteiger partial charge in [-0.25, -0.2) is 0 Å². The topological polar surface area (TPSA) is 96.8 Å². The molecule has 6 nitrogen and oxygen atoms in total. The molecule has 3 aliphatic rings. The van der Waals surface area contributed by atoms with Crippen LogP contribution < -0.4 is 16.8 Å². The summed E-state index contributed by atoms with van der Waals surface area (Å²) >= 11 is 0. The molecule has 6 N–H and O–H groups in total. The molecule has 1 saturated carbocycles. The fourth-order valence-corrected chi connectivity index (χ4v) is 4.51. The predicted molar refractivity (Wildman–Crippen MR) is 116 cm³/mol. The zero-order chi connectivity index (χ0) is 20.4. The average molecular weight is 399 g/mol. The minimum Gasteiger partial charge on any atom is -0.507 e. The summed E-state index contributed by atoms with van der Waals surface area (Å²) in [5.41, 5.74) is 15.9. The van der Waals surface area contributed by atoms with Crippen molar-refractivity contribution in [1.82, 2.24) is 10.2 Å². The lowest BCUT2D eigenvalue weighted by atomic mass is 10.0. The van der Waals surface area contributed by atoms with Gasteiger partial charge in [-0.3, -0.25) is 4.90 Å². The van der Waals surface area contributed by atoms with E-state index in [0.29, 0.717) is 35.1 Å². The molecule has 2 atom stereocenters. The molecule has 2 saturated heterocycles. The third-order valence-electron chi connectivity index (χ3n) is 6.40. The average Bonchev–Trinajstić information content (AvgIpc) is 3.41. The summed E-state index contributed by atoms with van der Waals surface area (Å²) in [7, 11) is 0. The molecule has 2 unspecified atom stereocenters. The number of nitrogens with two attached hydrogens (primary N) is 2. The van der Waals surface area contributed by atoms with Gasteiger partial charge in [-0.2, -0.15) is 0 Å². The Morgan fingerprint density at radius 2 is 2.07 bits per heavy atom. The van der Waals surface area contributed by atoms with Gasteiger partial charge in [0.25, 0.3) is 0 Å². The van der Waals surface area contributed by atoms with Crippen LogP contribution in [-0.2, 0) is 4.74 Å². The maximum absolute atomic E-state index is 10.4. The Labute approximate surface area is 173 Å². The first-order chi connectivity index (χ1) is 14.0. The molecule has 6 heteroatoms. The highest BCUT2D eigenvalue weighted by atomic mass is 16.5. The molecule has 3 fully saturated rings. The van der Waals surface area contributed by atoms with Crippen LogP contribution >= 0.6 is 0 Å². The highest BCUT2D eigenvalue weighted by molar-refractivity contribution is 5.72. The first-order valence-electron chi connectivity index (χ1n) is 10.9.